The van der Waals surface area contributed by atoms with E-state index in [1.165, 1.54) is 0 Å². The molecule has 0 fully saturated rings. The third-order valence-corrected chi connectivity index (χ3v) is 1.31. The number of rotatable bonds is 1. The van der Waals surface area contributed by atoms with Crippen molar-refractivity contribution in [2.24, 2.45) is 0 Å². The summed E-state index contributed by atoms with van der Waals surface area (Å²) in [7, 11) is 0. The van der Waals surface area contributed by atoms with Crippen LogP contribution in [0.4, 0.5) is 0 Å². The van der Waals surface area contributed by atoms with Gasteiger partial charge in [0, 0.05) is 0 Å². The van der Waals surface area contributed by atoms with Crippen LogP contribution in [0.15, 0.2) is 24.3 Å². The first kappa shape index (κ1) is 10.7. The molecule has 0 saturated carbocycles. The van der Waals surface area contributed by atoms with Crippen LogP contribution >= 0.6 is 0 Å². The molecule has 1 nitrogen and oxygen atoms in total. The second-order valence-corrected chi connectivity index (χ2v) is 2.00. The van der Waals surface area contributed by atoms with Crippen molar-refractivity contribution in [3.63, 3.8) is 0 Å². The molecule has 0 amide bonds. The molecule has 0 atom stereocenters. The molecule has 0 saturated heterocycles. The summed E-state index contributed by atoms with van der Waals surface area (Å²) in [6.45, 7) is 2.04. The average Bonchev–Trinajstić information content (AvgIpc) is 1.88. The van der Waals surface area contributed by atoms with Gasteiger partial charge in [0.2, 0.25) is 0 Å². The van der Waals surface area contributed by atoms with Crippen molar-refractivity contribution >= 4 is 0 Å². The summed E-state index contributed by atoms with van der Waals surface area (Å²) in [5, 5.41) is 10.6. The van der Waals surface area contributed by atoms with Crippen LogP contribution in [0.2, 0.25) is 0 Å². The van der Waals surface area contributed by atoms with Crippen LogP contribution in [-0.2, 0) is 6.42 Å². The first-order chi connectivity index (χ1) is 4.33. The maximum atomic E-state index is 10.6. The molecule has 0 unspecified atom stereocenters. The minimum atomic E-state index is 0. The molecule has 0 N–H and O–H groups in total. The van der Waals surface area contributed by atoms with Crippen molar-refractivity contribution < 1.29 is 56.5 Å². The van der Waals surface area contributed by atoms with E-state index in [1.54, 1.807) is 18.2 Å². The first-order valence-electron chi connectivity index (χ1n) is 3.09. The molecular weight excluding hydrogens is 151 g/mol. The largest absolute Gasteiger partial charge is 1.00 e. The fourth-order valence-corrected chi connectivity index (χ4v) is 0.765. The smallest absolute Gasteiger partial charge is 0.872 e. The zero-order chi connectivity index (χ0) is 6.69. The minimum Gasteiger partial charge on any atom is -0.872 e. The number of benzene rings is 1. The van der Waals surface area contributed by atoms with Crippen molar-refractivity contribution in [3.05, 3.63) is 29.8 Å². The predicted octanol–water partition coefficient (Wildman–Crippen LogP) is -1.67. The van der Waals surface area contributed by atoms with Crippen LogP contribution in [0.1, 0.15) is 12.5 Å². The van der Waals surface area contributed by atoms with Gasteiger partial charge in [-0.25, -0.2) is 0 Å². The van der Waals surface area contributed by atoms with E-state index in [-0.39, 0.29) is 57.1 Å². The SMILES string of the molecule is CCc1cccc([O-])c1.[K+]. The Labute approximate surface area is 104 Å². The van der Waals surface area contributed by atoms with Gasteiger partial charge in [0.1, 0.15) is 0 Å². The fraction of sp³-hybridized carbons (Fsp3) is 0.250. The number of aryl methyl sites for hydroxylation is 1. The molecule has 0 spiro atoms. The summed E-state index contributed by atoms with van der Waals surface area (Å²) in [5.74, 6) is 0.106. The molecule has 10 heavy (non-hydrogen) atoms. The Morgan fingerprint density at radius 1 is 1.40 bits per heavy atom. The van der Waals surface area contributed by atoms with Crippen molar-refractivity contribution in [1.82, 2.24) is 0 Å². The molecule has 2 heteroatoms. The summed E-state index contributed by atoms with van der Waals surface area (Å²) >= 11 is 0. The molecule has 1 aromatic carbocycles. The molecule has 48 valence electrons. The van der Waals surface area contributed by atoms with Crippen molar-refractivity contribution in [2.45, 2.75) is 13.3 Å². The van der Waals surface area contributed by atoms with E-state index in [9.17, 15) is 5.11 Å². The predicted molar refractivity (Wildman–Crippen MR) is 35.3 cm³/mol. The molecule has 0 bridgehead atoms. The zero-order valence-electron chi connectivity index (χ0n) is 6.42. The summed E-state index contributed by atoms with van der Waals surface area (Å²) in [6, 6.07) is 6.99. The number of hydrogen-bond donors (Lipinski definition) is 0. The van der Waals surface area contributed by atoms with Gasteiger partial charge in [-0.15, -0.1) is 5.75 Å². The molecule has 0 heterocycles. The van der Waals surface area contributed by atoms with Gasteiger partial charge < -0.3 is 5.11 Å². The Balaban J connectivity index is 0.000000810. The Hall–Kier alpha value is 0.656. The van der Waals surface area contributed by atoms with Crippen LogP contribution in [0, 0.1) is 0 Å². The van der Waals surface area contributed by atoms with Gasteiger partial charge in [0.25, 0.3) is 0 Å². The van der Waals surface area contributed by atoms with Crippen molar-refractivity contribution in [1.29, 1.82) is 0 Å². The molecule has 0 aliphatic rings. The monoisotopic (exact) mass is 160 g/mol. The molecule has 0 aromatic heterocycles. The summed E-state index contributed by atoms with van der Waals surface area (Å²) in [5.41, 5.74) is 1.11. The van der Waals surface area contributed by atoms with Crippen molar-refractivity contribution in [2.75, 3.05) is 0 Å². The number of hydrogen-bond acceptors (Lipinski definition) is 1. The topological polar surface area (TPSA) is 23.1 Å². The van der Waals surface area contributed by atoms with Crippen molar-refractivity contribution in [3.8, 4) is 5.75 Å². The third-order valence-electron chi connectivity index (χ3n) is 1.31. The first-order valence-corrected chi connectivity index (χ1v) is 3.09. The second-order valence-electron chi connectivity index (χ2n) is 2.00. The molecular formula is C8H9KO. The van der Waals surface area contributed by atoms with E-state index in [2.05, 4.69) is 0 Å². The van der Waals surface area contributed by atoms with Gasteiger partial charge in [-0.2, -0.15) is 0 Å². The minimum absolute atomic E-state index is 0. The maximum Gasteiger partial charge on any atom is 1.00 e. The van der Waals surface area contributed by atoms with E-state index >= 15 is 0 Å². The van der Waals surface area contributed by atoms with E-state index < -0.39 is 0 Å². The van der Waals surface area contributed by atoms with Gasteiger partial charge in [0.05, 0.1) is 0 Å². The van der Waals surface area contributed by atoms with Crippen LogP contribution in [0.3, 0.4) is 0 Å². The summed E-state index contributed by atoms with van der Waals surface area (Å²) in [4.78, 5) is 0. The molecule has 0 aliphatic heterocycles. The molecule has 1 rings (SSSR count). The second kappa shape index (κ2) is 5.33. The van der Waals surface area contributed by atoms with Gasteiger partial charge in [-0.05, 0) is 12.0 Å². The van der Waals surface area contributed by atoms with Gasteiger partial charge >= 0.3 is 51.4 Å². The summed E-state index contributed by atoms with van der Waals surface area (Å²) < 4.78 is 0. The standard InChI is InChI=1S/C8H10O.K/c1-2-7-4-3-5-8(9)6-7;/h3-6,9H,2H2,1H3;/q;+1/p-1. The van der Waals surface area contributed by atoms with Crippen LogP contribution in [-0.4, -0.2) is 0 Å². The Morgan fingerprint density at radius 3 is 2.50 bits per heavy atom. The summed E-state index contributed by atoms with van der Waals surface area (Å²) in [6.07, 6.45) is 0.941. The van der Waals surface area contributed by atoms with Crippen LogP contribution in [0.5, 0.6) is 5.75 Å². The van der Waals surface area contributed by atoms with E-state index in [1.807, 2.05) is 13.0 Å². The quantitative estimate of drug-likeness (QED) is 0.450. The van der Waals surface area contributed by atoms with E-state index in [4.69, 9.17) is 0 Å². The molecule has 1 aromatic rings. The fourth-order valence-electron chi connectivity index (χ4n) is 0.765. The Kier molecular flexibility index (Phi) is 5.68. The van der Waals surface area contributed by atoms with E-state index in [0.29, 0.717) is 0 Å². The van der Waals surface area contributed by atoms with Crippen LogP contribution < -0.4 is 56.5 Å². The van der Waals surface area contributed by atoms with E-state index in [0.717, 1.165) is 12.0 Å². The zero-order valence-corrected chi connectivity index (χ0v) is 9.55. The normalized spacial score (nSPS) is 8.50. The van der Waals surface area contributed by atoms with Gasteiger partial charge in [0.15, 0.2) is 0 Å². The Morgan fingerprint density at radius 2 is 2.10 bits per heavy atom. The van der Waals surface area contributed by atoms with Gasteiger partial charge in [-0.1, -0.05) is 31.2 Å². The maximum absolute atomic E-state index is 10.6. The molecule has 0 aliphatic carbocycles. The van der Waals surface area contributed by atoms with Crippen LogP contribution in [0.25, 0.3) is 0 Å². The average molecular weight is 160 g/mol. The molecule has 0 radical (unpaired) electrons. The van der Waals surface area contributed by atoms with Gasteiger partial charge in [-0.3, -0.25) is 0 Å². The Bertz CT molecular complexity index is 198. The third kappa shape index (κ3) is 3.17.